The van der Waals surface area contributed by atoms with Gasteiger partial charge in [-0.05, 0) is 84.6 Å². The first-order valence-electron chi connectivity index (χ1n) is 12.7. The molecule has 0 fully saturated rings. The standard InChI is InChI=1S/C36H22S/c1-3-8-25-20-27(14-12-23(25)6-1)28-16-17-31-33-19-18-30(29-15-13-24-7-2-4-9-26(24)21-29)32-10-5-11-34(36(32)33)37-35(31)22-28/h1-22H. The van der Waals surface area contributed by atoms with Crippen LogP contribution in [0.3, 0.4) is 0 Å². The number of hydrogen-bond donors (Lipinski definition) is 0. The lowest BCUT2D eigenvalue weighted by molar-refractivity contribution is 1.39. The zero-order valence-corrected chi connectivity index (χ0v) is 20.9. The minimum atomic E-state index is 1.26. The summed E-state index contributed by atoms with van der Waals surface area (Å²) in [5, 5.41) is 7.80. The Morgan fingerprint density at radius 2 is 0.946 bits per heavy atom. The number of hydrogen-bond acceptors (Lipinski definition) is 1. The van der Waals surface area contributed by atoms with E-state index in [1.165, 1.54) is 75.5 Å². The fourth-order valence-corrected chi connectivity index (χ4v) is 6.97. The van der Waals surface area contributed by atoms with Crippen LogP contribution in [0.5, 0.6) is 0 Å². The summed E-state index contributed by atoms with van der Waals surface area (Å²) in [4.78, 5) is 2.66. The Kier molecular flexibility index (Phi) is 4.55. The van der Waals surface area contributed by atoms with Gasteiger partial charge in [0.1, 0.15) is 0 Å². The fourth-order valence-electron chi connectivity index (χ4n) is 5.79. The van der Waals surface area contributed by atoms with Crippen LogP contribution in [0.1, 0.15) is 0 Å². The Morgan fingerprint density at radius 1 is 0.351 bits per heavy atom. The average Bonchev–Trinajstić information content (AvgIpc) is 2.96. The van der Waals surface area contributed by atoms with Crippen LogP contribution in [-0.2, 0) is 0 Å². The molecular formula is C36H22S. The summed E-state index contributed by atoms with van der Waals surface area (Å²) in [5.74, 6) is 0. The monoisotopic (exact) mass is 486 g/mol. The summed E-state index contributed by atoms with van der Waals surface area (Å²) in [6.07, 6.45) is 0. The normalized spacial score (nSPS) is 12.2. The van der Waals surface area contributed by atoms with Crippen LogP contribution in [0.2, 0.25) is 0 Å². The van der Waals surface area contributed by atoms with E-state index in [-0.39, 0.29) is 0 Å². The quantitative estimate of drug-likeness (QED) is 0.234. The second-order valence-corrected chi connectivity index (χ2v) is 10.9. The van der Waals surface area contributed by atoms with Gasteiger partial charge < -0.3 is 0 Å². The Labute approximate surface area is 220 Å². The van der Waals surface area contributed by atoms with Gasteiger partial charge in [0, 0.05) is 15.2 Å². The highest BCUT2D eigenvalue weighted by molar-refractivity contribution is 7.99. The molecule has 0 saturated heterocycles. The first kappa shape index (κ1) is 20.8. The molecule has 7 aromatic carbocycles. The van der Waals surface area contributed by atoms with E-state index in [9.17, 15) is 0 Å². The maximum absolute atomic E-state index is 2.36. The van der Waals surface area contributed by atoms with Crippen molar-refractivity contribution in [3.63, 3.8) is 0 Å². The van der Waals surface area contributed by atoms with Crippen LogP contribution in [0, 0.1) is 0 Å². The maximum atomic E-state index is 2.36. The Bertz CT molecular complexity index is 2010. The van der Waals surface area contributed by atoms with Crippen molar-refractivity contribution in [2.45, 2.75) is 9.79 Å². The molecule has 0 saturated carbocycles. The molecule has 0 unspecified atom stereocenters. The van der Waals surface area contributed by atoms with Gasteiger partial charge in [-0.25, -0.2) is 0 Å². The summed E-state index contributed by atoms with van der Waals surface area (Å²) in [6, 6.07) is 49.1. The highest BCUT2D eigenvalue weighted by Crippen LogP contribution is 2.50. The highest BCUT2D eigenvalue weighted by atomic mass is 32.2. The van der Waals surface area contributed by atoms with Gasteiger partial charge in [-0.2, -0.15) is 0 Å². The fraction of sp³-hybridized carbons (Fsp3) is 0. The predicted molar refractivity (Wildman–Crippen MR) is 159 cm³/mol. The molecule has 8 rings (SSSR count). The first-order chi connectivity index (χ1) is 18.3. The highest BCUT2D eigenvalue weighted by Gasteiger charge is 2.21. The van der Waals surface area contributed by atoms with Crippen LogP contribution < -0.4 is 0 Å². The molecule has 0 N–H and O–H groups in total. The second-order valence-electron chi connectivity index (χ2n) is 9.78. The minimum absolute atomic E-state index is 1.26. The molecule has 1 aliphatic heterocycles. The molecule has 172 valence electrons. The second kappa shape index (κ2) is 8.09. The number of rotatable bonds is 2. The molecule has 0 amide bonds. The summed E-state index contributed by atoms with van der Waals surface area (Å²) >= 11 is 1.89. The van der Waals surface area contributed by atoms with E-state index in [1.807, 2.05) is 11.8 Å². The molecule has 1 aliphatic rings. The van der Waals surface area contributed by atoms with Crippen LogP contribution in [0.15, 0.2) is 143 Å². The van der Waals surface area contributed by atoms with Gasteiger partial charge in [-0.15, -0.1) is 0 Å². The lowest BCUT2D eigenvalue weighted by Gasteiger charge is -2.22. The molecular weight excluding hydrogens is 464 g/mol. The smallest absolute Gasteiger partial charge is 0.0207 e. The summed E-state index contributed by atoms with van der Waals surface area (Å²) in [5.41, 5.74) is 7.74. The molecule has 1 heteroatoms. The molecule has 0 aromatic heterocycles. The van der Waals surface area contributed by atoms with Crippen LogP contribution >= 0.6 is 11.8 Å². The zero-order valence-electron chi connectivity index (χ0n) is 20.1. The number of fused-ring (bicyclic) bond motifs is 4. The van der Waals surface area contributed by atoms with E-state index in [1.54, 1.807) is 0 Å². The SMILES string of the molecule is c1ccc2cc(-c3ccc4c(c3)Sc3cccc5c(-c6ccc7ccccc7c6)ccc-4c35)ccc2c1. The molecule has 0 aliphatic carbocycles. The maximum Gasteiger partial charge on any atom is 0.0207 e. The van der Waals surface area contributed by atoms with E-state index < -0.39 is 0 Å². The van der Waals surface area contributed by atoms with Gasteiger partial charge in [-0.1, -0.05) is 121 Å². The van der Waals surface area contributed by atoms with Crippen LogP contribution in [0.25, 0.3) is 65.7 Å². The van der Waals surface area contributed by atoms with Crippen molar-refractivity contribution in [2.75, 3.05) is 0 Å². The Morgan fingerprint density at radius 3 is 1.73 bits per heavy atom. The van der Waals surface area contributed by atoms with E-state index in [4.69, 9.17) is 0 Å². The van der Waals surface area contributed by atoms with Crippen molar-refractivity contribution in [1.29, 1.82) is 0 Å². The molecule has 37 heavy (non-hydrogen) atoms. The van der Waals surface area contributed by atoms with Gasteiger partial charge >= 0.3 is 0 Å². The third-order valence-corrected chi connectivity index (χ3v) is 8.76. The van der Waals surface area contributed by atoms with E-state index >= 15 is 0 Å². The largest absolute Gasteiger partial charge is 0.0888 e. The minimum Gasteiger partial charge on any atom is -0.0888 e. The van der Waals surface area contributed by atoms with Crippen LogP contribution in [0.4, 0.5) is 0 Å². The first-order valence-corrected chi connectivity index (χ1v) is 13.5. The van der Waals surface area contributed by atoms with Crippen molar-refractivity contribution < 1.29 is 0 Å². The topological polar surface area (TPSA) is 0 Å². The predicted octanol–water partition coefficient (Wildman–Crippen LogP) is 10.6. The lowest BCUT2D eigenvalue weighted by atomic mass is 9.90. The molecule has 0 atom stereocenters. The van der Waals surface area contributed by atoms with E-state index in [0.717, 1.165) is 0 Å². The van der Waals surface area contributed by atoms with Gasteiger partial charge in [-0.3, -0.25) is 0 Å². The van der Waals surface area contributed by atoms with Crippen molar-refractivity contribution in [1.82, 2.24) is 0 Å². The third-order valence-electron chi connectivity index (χ3n) is 7.64. The van der Waals surface area contributed by atoms with Crippen molar-refractivity contribution in [3.8, 4) is 33.4 Å². The molecule has 7 aromatic rings. The summed E-state index contributed by atoms with van der Waals surface area (Å²) in [7, 11) is 0. The zero-order chi connectivity index (χ0) is 24.3. The van der Waals surface area contributed by atoms with Gasteiger partial charge in [0.2, 0.25) is 0 Å². The van der Waals surface area contributed by atoms with Gasteiger partial charge in [0.25, 0.3) is 0 Å². The Balaban J connectivity index is 1.27. The van der Waals surface area contributed by atoms with E-state index in [2.05, 4.69) is 133 Å². The summed E-state index contributed by atoms with van der Waals surface area (Å²) < 4.78 is 0. The molecule has 0 spiro atoms. The lowest BCUT2D eigenvalue weighted by Crippen LogP contribution is -1.95. The van der Waals surface area contributed by atoms with E-state index in [0.29, 0.717) is 0 Å². The average molecular weight is 487 g/mol. The van der Waals surface area contributed by atoms with Gasteiger partial charge in [0.15, 0.2) is 0 Å². The van der Waals surface area contributed by atoms with Crippen molar-refractivity contribution >= 4 is 44.1 Å². The summed E-state index contributed by atoms with van der Waals surface area (Å²) in [6.45, 7) is 0. The van der Waals surface area contributed by atoms with Crippen molar-refractivity contribution in [2.24, 2.45) is 0 Å². The molecule has 0 bridgehead atoms. The van der Waals surface area contributed by atoms with Crippen molar-refractivity contribution in [3.05, 3.63) is 133 Å². The van der Waals surface area contributed by atoms with Gasteiger partial charge in [0.05, 0.1) is 0 Å². The molecule has 0 nitrogen and oxygen atoms in total. The van der Waals surface area contributed by atoms with Crippen LogP contribution in [-0.4, -0.2) is 0 Å². The third kappa shape index (κ3) is 3.32. The molecule has 1 heterocycles. The molecule has 0 radical (unpaired) electrons. The number of benzene rings is 7. The Hall–Kier alpha value is -4.33.